The van der Waals surface area contributed by atoms with Crippen LogP contribution in [-0.4, -0.2) is 33.6 Å². The lowest BCUT2D eigenvalue weighted by atomic mass is 9.72. The van der Waals surface area contributed by atoms with E-state index in [1.54, 1.807) is 10.4 Å². The van der Waals surface area contributed by atoms with Gasteiger partial charge < -0.3 is 14.0 Å². The monoisotopic (exact) mass is 908 g/mol. The standard InChI is InChI=1S/C59H97NO2Si2/c1-16-18-20-22-24-28-38-63(44(3)4,45(5)6)49-32-34-51-52-35-33-50(64(46(7)8,47(9)10)39-29-25-23-21-19-17-2)42-54(52)60(53(51)41-49)55-40-48(59(14,15)43-58(11,12)13)31-36-56(55)62-57-30-26-27-37-61-57/h31-36,40-42,44-47,57H,16-30,37-39,43H2,1-15H3. The van der Waals surface area contributed by atoms with Crippen LogP contribution in [0.3, 0.4) is 0 Å². The summed E-state index contributed by atoms with van der Waals surface area (Å²) in [4.78, 5) is 0. The predicted molar refractivity (Wildman–Crippen MR) is 290 cm³/mol. The molecule has 0 saturated carbocycles. The van der Waals surface area contributed by atoms with Gasteiger partial charge >= 0.3 is 0 Å². The minimum Gasteiger partial charge on any atom is -0.463 e. The quantitative estimate of drug-likeness (QED) is 0.0489. The topological polar surface area (TPSA) is 23.4 Å². The van der Waals surface area contributed by atoms with Crippen LogP contribution in [0.15, 0.2) is 54.6 Å². The number of hydrogen-bond donors (Lipinski definition) is 0. The van der Waals surface area contributed by atoms with Crippen LogP contribution in [0.5, 0.6) is 5.75 Å². The molecule has 2 heterocycles. The van der Waals surface area contributed by atoms with Crippen molar-refractivity contribution < 1.29 is 9.47 Å². The summed E-state index contributed by atoms with van der Waals surface area (Å²) in [6.07, 6.45) is 20.3. The van der Waals surface area contributed by atoms with Gasteiger partial charge in [-0.2, -0.15) is 0 Å². The molecule has 0 N–H and O–H groups in total. The van der Waals surface area contributed by atoms with Crippen LogP contribution in [0.1, 0.15) is 212 Å². The zero-order valence-corrected chi connectivity index (χ0v) is 46.3. The lowest BCUT2D eigenvalue weighted by molar-refractivity contribution is -0.105. The van der Waals surface area contributed by atoms with E-state index in [0.29, 0.717) is 22.2 Å². The second-order valence-electron chi connectivity index (χ2n) is 23.8. The van der Waals surface area contributed by atoms with Crippen LogP contribution >= 0.6 is 0 Å². The van der Waals surface area contributed by atoms with Gasteiger partial charge in [-0.15, -0.1) is 0 Å². The maximum Gasteiger partial charge on any atom is 0.199 e. The van der Waals surface area contributed by atoms with E-state index in [1.165, 1.54) is 122 Å². The van der Waals surface area contributed by atoms with Crippen molar-refractivity contribution in [3.8, 4) is 11.4 Å². The molecule has 1 unspecified atom stereocenters. The second-order valence-corrected chi connectivity index (χ2v) is 34.7. The fraction of sp³-hybridized carbons (Fsp3) is 0.695. The van der Waals surface area contributed by atoms with E-state index in [-0.39, 0.29) is 17.1 Å². The normalized spacial score (nSPS) is 15.8. The molecule has 5 heteroatoms. The number of ether oxygens (including phenoxy) is 2. The van der Waals surface area contributed by atoms with Crippen LogP contribution in [0, 0.1) is 5.41 Å². The molecule has 3 aromatic carbocycles. The highest BCUT2D eigenvalue weighted by molar-refractivity contribution is 6.94. The Bertz CT molecular complexity index is 1930. The molecule has 1 aliphatic heterocycles. The first-order valence-electron chi connectivity index (χ1n) is 26.9. The van der Waals surface area contributed by atoms with Gasteiger partial charge in [-0.3, -0.25) is 0 Å². The Morgan fingerprint density at radius 2 is 1.06 bits per heavy atom. The van der Waals surface area contributed by atoms with Crippen molar-refractivity contribution in [3.63, 3.8) is 0 Å². The Morgan fingerprint density at radius 3 is 1.48 bits per heavy atom. The molecular weight excluding hydrogens is 811 g/mol. The third kappa shape index (κ3) is 12.0. The molecule has 1 aliphatic rings. The highest BCUT2D eigenvalue weighted by atomic mass is 28.3. The van der Waals surface area contributed by atoms with E-state index >= 15 is 0 Å². The number of nitrogens with zero attached hydrogens (tertiary/aromatic N) is 1. The zero-order chi connectivity index (χ0) is 46.9. The largest absolute Gasteiger partial charge is 0.463 e. The number of aromatic nitrogens is 1. The van der Waals surface area contributed by atoms with E-state index < -0.39 is 16.1 Å². The van der Waals surface area contributed by atoms with Crippen molar-refractivity contribution in [2.75, 3.05) is 6.61 Å². The van der Waals surface area contributed by atoms with Crippen LogP contribution in [-0.2, 0) is 10.2 Å². The molecule has 0 aliphatic carbocycles. The minimum absolute atomic E-state index is 0.0229. The Hall–Kier alpha value is -2.35. The van der Waals surface area contributed by atoms with E-state index in [1.807, 2.05) is 0 Å². The first kappa shape index (κ1) is 52.6. The Kier molecular flexibility index (Phi) is 19.0. The summed E-state index contributed by atoms with van der Waals surface area (Å²) in [5.74, 6) is 0.948. The number of fused-ring (bicyclic) bond motifs is 3. The lowest BCUT2D eigenvalue weighted by Crippen LogP contribution is -2.53. The molecule has 1 atom stereocenters. The van der Waals surface area contributed by atoms with Crippen molar-refractivity contribution in [2.24, 2.45) is 5.41 Å². The van der Waals surface area contributed by atoms with Crippen molar-refractivity contribution in [1.29, 1.82) is 0 Å². The Labute approximate surface area is 396 Å². The molecule has 5 rings (SSSR count). The zero-order valence-electron chi connectivity index (χ0n) is 44.3. The number of hydrogen-bond acceptors (Lipinski definition) is 2. The molecule has 0 spiro atoms. The fourth-order valence-corrected chi connectivity index (χ4v) is 24.4. The van der Waals surface area contributed by atoms with Gasteiger partial charge in [0.2, 0.25) is 0 Å². The van der Waals surface area contributed by atoms with Crippen LogP contribution in [0.4, 0.5) is 0 Å². The minimum atomic E-state index is -1.96. The molecule has 4 aromatic rings. The third-order valence-corrected chi connectivity index (χ3v) is 29.6. The molecular formula is C59H97NO2Si2. The Balaban J connectivity index is 1.84. The molecule has 1 aromatic heterocycles. The third-order valence-electron chi connectivity index (χ3n) is 16.2. The summed E-state index contributed by atoms with van der Waals surface area (Å²) in [6, 6.07) is 25.6. The predicted octanol–water partition coefficient (Wildman–Crippen LogP) is 18.1. The van der Waals surface area contributed by atoms with Gasteiger partial charge in [0.25, 0.3) is 0 Å². The summed E-state index contributed by atoms with van der Waals surface area (Å²) < 4.78 is 16.1. The van der Waals surface area contributed by atoms with E-state index in [9.17, 15) is 0 Å². The van der Waals surface area contributed by atoms with Gasteiger partial charge in [0, 0.05) is 17.2 Å². The summed E-state index contributed by atoms with van der Waals surface area (Å²) in [7, 11) is -3.91. The van der Waals surface area contributed by atoms with Gasteiger partial charge in [0.05, 0.1) is 39.5 Å². The maximum absolute atomic E-state index is 7.09. The summed E-state index contributed by atoms with van der Waals surface area (Å²) in [5.41, 5.74) is 8.04. The van der Waals surface area contributed by atoms with E-state index in [4.69, 9.17) is 9.47 Å². The van der Waals surface area contributed by atoms with Crippen LogP contribution in [0.2, 0.25) is 34.3 Å². The molecule has 64 heavy (non-hydrogen) atoms. The smallest absolute Gasteiger partial charge is 0.199 e. The number of rotatable bonds is 25. The SMILES string of the molecule is CCCCCCCC[Si](c1ccc2c3ccc([Si](CCCCCCCC)(C(C)C)C(C)C)cc3n(-c3cc(C(C)(C)CC(C)(C)C)ccc3OC3CCCCO3)c2c1)(C(C)C)C(C)C. The lowest BCUT2D eigenvalue weighted by Gasteiger charge is -2.40. The second kappa shape index (κ2) is 23.1. The summed E-state index contributed by atoms with van der Waals surface area (Å²) in [6.45, 7) is 37.9. The van der Waals surface area contributed by atoms with E-state index in [2.05, 4.69) is 163 Å². The highest BCUT2D eigenvalue weighted by Gasteiger charge is 2.43. The average molecular weight is 909 g/mol. The Morgan fingerprint density at radius 1 is 0.594 bits per heavy atom. The molecule has 3 nitrogen and oxygen atoms in total. The van der Waals surface area contributed by atoms with Crippen LogP contribution in [0.25, 0.3) is 27.5 Å². The first-order chi connectivity index (χ1) is 30.3. The summed E-state index contributed by atoms with van der Waals surface area (Å²) in [5, 5.41) is 6.02. The van der Waals surface area contributed by atoms with Gasteiger partial charge in [-0.25, -0.2) is 0 Å². The van der Waals surface area contributed by atoms with Gasteiger partial charge in [0.1, 0.15) is 5.75 Å². The van der Waals surface area contributed by atoms with Gasteiger partial charge in [-0.05, 0) is 82.1 Å². The van der Waals surface area contributed by atoms with E-state index in [0.717, 1.165) is 38.0 Å². The molecule has 1 saturated heterocycles. The maximum atomic E-state index is 7.09. The average Bonchev–Trinajstić information content (AvgIpc) is 3.55. The first-order valence-corrected chi connectivity index (χ1v) is 31.6. The van der Waals surface area contributed by atoms with Crippen LogP contribution < -0.4 is 15.1 Å². The molecule has 358 valence electrons. The fourth-order valence-electron chi connectivity index (χ4n) is 12.9. The van der Waals surface area contributed by atoms with Crippen molar-refractivity contribution in [3.05, 3.63) is 60.2 Å². The molecule has 1 fully saturated rings. The van der Waals surface area contributed by atoms with Crippen molar-refractivity contribution >= 4 is 48.3 Å². The van der Waals surface area contributed by atoms with Crippen molar-refractivity contribution in [2.45, 2.75) is 253 Å². The van der Waals surface area contributed by atoms with Crippen molar-refractivity contribution in [1.82, 2.24) is 4.57 Å². The molecule has 0 bridgehead atoms. The molecule has 0 radical (unpaired) electrons. The number of benzene rings is 3. The highest BCUT2D eigenvalue weighted by Crippen LogP contribution is 2.45. The van der Waals surface area contributed by atoms with Gasteiger partial charge in [-0.1, -0.05) is 234 Å². The summed E-state index contributed by atoms with van der Waals surface area (Å²) >= 11 is 0. The molecule has 0 amide bonds. The van der Waals surface area contributed by atoms with Gasteiger partial charge in [0.15, 0.2) is 6.29 Å². The number of unbranched alkanes of at least 4 members (excludes halogenated alkanes) is 10.